The molecule has 0 saturated carbocycles. The fourth-order valence-electron chi connectivity index (χ4n) is 3.13. The van der Waals surface area contributed by atoms with E-state index in [0.717, 1.165) is 37.5 Å². The van der Waals surface area contributed by atoms with Gasteiger partial charge < -0.3 is 20.1 Å². The van der Waals surface area contributed by atoms with Crippen molar-refractivity contribution in [2.24, 2.45) is 5.92 Å². The molecular formula is C17H28N2O2. The number of nitrogens with one attached hydrogen (secondary N) is 1. The minimum atomic E-state index is -0.401. The van der Waals surface area contributed by atoms with Gasteiger partial charge in [0.1, 0.15) is 5.75 Å². The summed E-state index contributed by atoms with van der Waals surface area (Å²) in [5, 5.41) is 13.7. The van der Waals surface area contributed by atoms with Crippen molar-refractivity contribution in [3.8, 4) is 5.75 Å². The molecule has 21 heavy (non-hydrogen) atoms. The molecule has 2 unspecified atom stereocenters. The second kappa shape index (κ2) is 7.25. The molecule has 1 heterocycles. The van der Waals surface area contributed by atoms with Crippen molar-refractivity contribution < 1.29 is 9.84 Å². The van der Waals surface area contributed by atoms with Gasteiger partial charge in [-0.05, 0) is 19.2 Å². The molecule has 2 atom stereocenters. The van der Waals surface area contributed by atoms with Gasteiger partial charge >= 0.3 is 0 Å². The van der Waals surface area contributed by atoms with Crippen LogP contribution in [0.2, 0.25) is 0 Å². The van der Waals surface area contributed by atoms with Crippen molar-refractivity contribution in [1.29, 1.82) is 0 Å². The van der Waals surface area contributed by atoms with E-state index in [9.17, 15) is 5.11 Å². The topological polar surface area (TPSA) is 44.7 Å². The van der Waals surface area contributed by atoms with Crippen molar-refractivity contribution in [2.45, 2.75) is 26.3 Å². The molecule has 2 rings (SSSR count). The minimum absolute atomic E-state index is 0.0901. The summed E-state index contributed by atoms with van der Waals surface area (Å²) in [7, 11) is 0. The van der Waals surface area contributed by atoms with E-state index in [1.807, 2.05) is 18.2 Å². The van der Waals surface area contributed by atoms with Crippen molar-refractivity contribution in [2.75, 3.05) is 39.4 Å². The van der Waals surface area contributed by atoms with Gasteiger partial charge in [0, 0.05) is 24.6 Å². The Hall–Kier alpha value is -1.10. The first-order valence-electron chi connectivity index (χ1n) is 7.98. The van der Waals surface area contributed by atoms with Gasteiger partial charge in [-0.2, -0.15) is 0 Å². The Labute approximate surface area is 128 Å². The van der Waals surface area contributed by atoms with E-state index >= 15 is 0 Å². The molecule has 0 radical (unpaired) electrons. The van der Waals surface area contributed by atoms with Crippen LogP contribution >= 0.6 is 0 Å². The van der Waals surface area contributed by atoms with Crippen LogP contribution in [0.25, 0.3) is 0 Å². The summed E-state index contributed by atoms with van der Waals surface area (Å²) in [6, 6.07) is 8.03. The van der Waals surface area contributed by atoms with Crippen LogP contribution in [-0.2, 0) is 5.54 Å². The number of likely N-dealkylation sites (N-methyl/N-ethyl adjacent to an activating group) is 1. The van der Waals surface area contributed by atoms with Crippen LogP contribution in [0.1, 0.15) is 26.3 Å². The second-order valence-corrected chi connectivity index (χ2v) is 5.79. The number of hydrogen-bond acceptors (Lipinski definition) is 4. The van der Waals surface area contributed by atoms with Crippen molar-refractivity contribution in [3.63, 3.8) is 0 Å². The molecule has 0 aliphatic carbocycles. The summed E-state index contributed by atoms with van der Waals surface area (Å²) in [6.07, 6.45) is 0. The molecule has 1 aliphatic heterocycles. The third-order valence-electron chi connectivity index (χ3n) is 4.71. The Bertz CT molecular complexity index is 448. The first-order valence-corrected chi connectivity index (χ1v) is 7.98. The predicted molar refractivity (Wildman–Crippen MR) is 85.7 cm³/mol. The number of para-hydroxylation sites is 1. The van der Waals surface area contributed by atoms with Crippen LogP contribution < -0.4 is 10.1 Å². The summed E-state index contributed by atoms with van der Waals surface area (Å²) < 4.78 is 5.80. The average molecular weight is 292 g/mol. The molecule has 0 bridgehead atoms. The maximum absolute atomic E-state index is 10.1. The Morgan fingerprint density at radius 1 is 1.33 bits per heavy atom. The number of benzene rings is 1. The van der Waals surface area contributed by atoms with Crippen LogP contribution in [0.4, 0.5) is 0 Å². The van der Waals surface area contributed by atoms with Crippen molar-refractivity contribution in [3.05, 3.63) is 29.8 Å². The number of hydrogen-bond donors (Lipinski definition) is 2. The second-order valence-electron chi connectivity index (χ2n) is 5.79. The monoisotopic (exact) mass is 292 g/mol. The van der Waals surface area contributed by atoms with Crippen LogP contribution in [0, 0.1) is 5.92 Å². The molecule has 1 aromatic carbocycles. The zero-order chi connectivity index (χ0) is 15.3. The molecule has 2 N–H and O–H groups in total. The Morgan fingerprint density at radius 2 is 2.05 bits per heavy atom. The van der Waals surface area contributed by atoms with E-state index in [1.165, 1.54) is 0 Å². The highest BCUT2D eigenvalue weighted by atomic mass is 16.5. The number of fused-ring (bicyclic) bond motifs is 1. The minimum Gasteiger partial charge on any atom is -0.493 e. The summed E-state index contributed by atoms with van der Waals surface area (Å²) in [6.45, 7) is 11.2. The van der Waals surface area contributed by atoms with E-state index in [1.54, 1.807) is 0 Å². The maximum atomic E-state index is 10.1. The number of nitrogens with zero attached hydrogens (tertiary/aromatic N) is 1. The van der Waals surface area contributed by atoms with E-state index < -0.39 is 5.54 Å². The Kier molecular flexibility index (Phi) is 5.62. The maximum Gasteiger partial charge on any atom is 0.124 e. The van der Waals surface area contributed by atoms with E-state index in [2.05, 4.69) is 37.1 Å². The van der Waals surface area contributed by atoms with E-state index in [-0.39, 0.29) is 12.5 Å². The number of rotatable bonds is 7. The number of aliphatic hydroxyl groups is 1. The fourth-order valence-corrected chi connectivity index (χ4v) is 3.13. The van der Waals surface area contributed by atoms with Gasteiger partial charge in [0.05, 0.1) is 18.8 Å². The molecule has 1 aliphatic rings. The summed E-state index contributed by atoms with van der Waals surface area (Å²) in [5.41, 5.74) is 0.674. The first kappa shape index (κ1) is 16.3. The van der Waals surface area contributed by atoms with E-state index in [0.29, 0.717) is 6.61 Å². The Morgan fingerprint density at radius 3 is 2.71 bits per heavy atom. The van der Waals surface area contributed by atoms with Crippen molar-refractivity contribution >= 4 is 0 Å². The SMILES string of the molecule is CCN(CC)CCNC1(CO)c2ccccc2OCC1C. The smallest absolute Gasteiger partial charge is 0.124 e. The zero-order valence-corrected chi connectivity index (χ0v) is 13.4. The third-order valence-corrected chi connectivity index (χ3v) is 4.71. The zero-order valence-electron chi connectivity index (χ0n) is 13.4. The quantitative estimate of drug-likeness (QED) is 0.805. The van der Waals surface area contributed by atoms with Crippen LogP contribution in [-0.4, -0.2) is 49.4 Å². The molecule has 1 aromatic rings. The first-order chi connectivity index (χ1) is 10.2. The highest BCUT2D eigenvalue weighted by Gasteiger charge is 2.42. The molecule has 0 amide bonds. The predicted octanol–water partition coefficient (Wildman–Crippen LogP) is 1.83. The lowest BCUT2D eigenvalue weighted by atomic mass is 9.77. The van der Waals surface area contributed by atoms with Crippen molar-refractivity contribution in [1.82, 2.24) is 10.2 Å². The molecule has 0 spiro atoms. The highest BCUT2D eigenvalue weighted by molar-refractivity contribution is 5.41. The van der Waals surface area contributed by atoms with Gasteiger partial charge in [0.2, 0.25) is 0 Å². The molecule has 0 saturated heterocycles. The number of ether oxygens (including phenoxy) is 1. The lowest BCUT2D eigenvalue weighted by Gasteiger charge is -2.43. The van der Waals surface area contributed by atoms with Crippen LogP contribution in [0.5, 0.6) is 5.75 Å². The molecular weight excluding hydrogens is 264 g/mol. The van der Waals surface area contributed by atoms with Gasteiger partial charge in [-0.15, -0.1) is 0 Å². The lowest BCUT2D eigenvalue weighted by molar-refractivity contribution is 0.0538. The standard InChI is InChI=1S/C17H28N2O2/c1-4-19(5-2)11-10-18-17(13-20)14(3)12-21-16-9-7-6-8-15(16)17/h6-9,14,18,20H,4-5,10-13H2,1-3H3. The average Bonchev–Trinajstić information content (AvgIpc) is 2.53. The van der Waals surface area contributed by atoms with Crippen LogP contribution in [0.3, 0.4) is 0 Å². The van der Waals surface area contributed by atoms with Gasteiger partial charge in [0.15, 0.2) is 0 Å². The normalized spacial score (nSPS) is 24.7. The third kappa shape index (κ3) is 3.23. The van der Waals surface area contributed by atoms with Gasteiger partial charge in [-0.3, -0.25) is 0 Å². The van der Waals surface area contributed by atoms with Crippen LogP contribution in [0.15, 0.2) is 24.3 Å². The summed E-state index contributed by atoms with van der Waals surface area (Å²) >= 11 is 0. The largest absolute Gasteiger partial charge is 0.493 e. The molecule has 4 nitrogen and oxygen atoms in total. The van der Waals surface area contributed by atoms with Gasteiger partial charge in [0.25, 0.3) is 0 Å². The number of aliphatic hydroxyl groups excluding tert-OH is 1. The molecule has 118 valence electrons. The van der Waals surface area contributed by atoms with Gasteiger partial charge in [-0.1, -0.05) is 39.0 Å². The van der Waals surface area contributed by atoms with Gasteiger partial charge in [-0.25, -0.2) is 0 Å². The van der Waals surface area contributed by atoms with E-state index in [4.69, 9.17) is 4.74 Å². The molecule has 0 fully saturated rings. The molecule has 4 heteroatoms. The fraction of sp³-hybridized carbons (Fsp3) is 0.647. The Balaban J connectivity index is 2.16. The highest BCUT2D eigenvalue weighted by Crippen LogP contribution is 2.39. The lowest BCUT2D eigenvalue weighted by Crippen LogP contribution is -2.55. The summed E-state index contributed by atoms with van der Waals surface area (Å²) in [5.74, 6) is 1.12. The molecule has 0 aromatic heterocycles. The summed E-state index contributed by atoms with van der Waals surface area (Å²) in [4.78, 5) is 2.38.